The number of ether oxygens (including phenoxy) is 1. The number of Topliss-reactive ketones (excluding diaryl/α,β-unsaturated/α-hetero) is 2. The van der Waals surface area contributed by atoms with E-state index >= 15 is 0 Å². The molecule has 0 radical (unpaired) electrons. The zero-order chi connectivity index (χ0) is 14.1. The molecule has 0 atom stereocenters. The van der Waals surface area contributed by atoms with Crippen LogP contribution in [0.1, 0.15) is 32.6 Å². The Labute approximate surface area is 113 Å². The minimum atomic E-state index is -3.72. The normalized spacial score (nSPS) is 25.2. The van der Waals surface area contributed by atoms with Gasteiger partial charge >= 0.3 is 0 Å². The van der Waals surface area contributed by atoms with E-state index in [4.69, 9.17) is 4.74 Å². The van der Waals surface area contributed by atoms with E-state index in [2.05, 4.69) is 0 Å². The van der Waals surface area contributed by atoms with Gasteiger partial charge in [-0.3, -0.25) is 9.59 Å². The van der Waals surface area contributed by atoms with Crippen LogP contribution in [0.2, 0.25) is 0 Å². The van der Waals surface area contributed by atoms with Crippen molar-refractivity contribution in [2.45, 2.75) is 37.4 Å². The SMILES string of the molecule is CC(=O)C1(S(=O)(=O)N2CCC(=O)CC2)CCOCC1. The van der Waals surface area contributed by atoms with Crippen molar-refractivity contribution in [2.75, 3.05) is 26.3 Å². The number of sulfonamides is 1. The van der Waals surface area contributed by atoms with E-state index in [1.54, 1.807) is 0 Å². The minimum absolute atomic E-state index is 0.0790. The van der Waals surface area contributed by atoms with Crippen molar-refractivity contribution in [2.24, 2.45) is 0 Å². The highest BCUT2D eigenvalue weighted by atomic mass is 32.2. The molecule has 0 unspecified atom stereocenters. The molecule has 0 aliphatic carbocycles. The summed E-state index contributed by atoms with van der Waals surface area (Å²) in [7, 11) is -3.72. The molecule has 2 aliphatic heterocycles. The van der Waals surface area contributed by atoms with Gasteiger partial charge in [-0.15, -0.1) is 0 Å². The molecule has 2 aliphatic rings. The van der Waals surface area contributed by atoms with Crippen molar-refractivity contribution in [3.8, 4) is 0 Å². The molecular weight excluding hydrogens is 270 g/mol. The van der Waals surface area contributed by atoms with Crippen molar-refractivity contribution in [3.05, 3.63) is 0 Å². The Balaban J connectivity index is 2.29. The van der Waals surface area contributed by atoms with Gasteiger partial charge in [-0.05, 0) is 19.8 Å². The van der Waals surface area contributed by atoms with Gasteiger partial charge < -0.3 is 4.74 Å². The first-order valence-electron chi connectivity index (χ1n) is 6.50. The van der Waals surface area contributed by atoms with E-state index in [9.17, 15) is 18.0 Å². The highest BCUT2D eigenvalue weighted by Gasteiger charge is 2.52. The number of rotatable bonds is 3. The Bertz CT molecular complexity index is 468. The molecule has 2 fully saturated rings. The number of ketones is 2. The molecule has 2 saturated heterocycles. The first kappa shape index (κ1) is 14.6. The van der Waals surface area contributed by atoms with Crippen molar-refractivity contribution in [1.29, 1.82) is 0 Å². The number of hydrogen-bond donors (Lipinski definition) is 0. The third kappa shape index (κ3) is 2.46. The van der Waals surface area contributed by atoms with Crippen LogP contribution in [0.25, 0.3) is 0 Å². The van der Waals surface area contributed by atoms with Crippen molar-refractivity contribution >= 4 is 21.6 Å². The van der Waals surface area contributed by atoms with Crippen molar-refractivity contribution in [3.63, 3.8) is 0 Å². The second kappa shape index (κ2) is 5.30. The van der Waals surface area contributed by atoms with E-state index in [0.717, 1.165) is 0 Å². The molecule has 0 spiro atoms. The van der Waals surface area contributed by atoms with Crippen LogP contribution in [0.4, 0.5) is 0 Å². The number of carbonyl (C=O) groups excluding carboxylic acids is 2. The van der Waals surface area contributed by atoms with E-state index in [-0.39, 0.29) is 63.6 Å². The summed E-state index contributed by atoms with van der Waals surface area (Å²) in [6, 6.07) is 0. The fourth-order valence-corrected chi connectivity index (χ4v) is 4.92. The lowest BCUT2D eigenvalue weighted by Gasteiger charge is -2.39. The van der Waals surface area contributed by atoms with Crippen LogP contribution in [0.15, 0.2) is 0 Å². The molecule has 2 rings (SSSR count). The van der Waals surface area contributed by atoms with Gasteiger partial charge in [-0.2, -0.15) is 0 Å². The van der Waals surface area contributed by atoms with Gasteiger partial charge in [0.2, 0.25) is 10.0 Å². The summed E-state index contributed by atoms with van der Waals surface area (Å²) in [5.41, 5.74) is 0. The van der Waals surface area contributed by atoms with Crippen LogP contribution in [-0.2, 0) is 24.3 Å². The lowest BCUT2D eigenvalue weighted by molar-refractivity contribution is -0.122. The molecule has 19 heavy (non-hydrogen) atoms. The molecule has 7 heteroatoms. The molecule has 0 N–H and O–H groups in total. The standard InChI is InChI=1S/C12H19NO5S/c1-10(14)12(4-8-18-9-5-12)19(16,17)13-6-2-11(15)3-7-13/h2-9H2,1H3. The summed E-state index contributed by atoms with van der Waals surface area (Å²) in [6.07, 6.45) is 0.887. The molecular formula is C12H19NO5S. The average molecular weight is 289 g/mol. The quantitative estimate of drug-likeness (QED) is 0.737. The Hall–Kier alpha value is -0.790. The third-order valence-electron chi connectivity index (χ3n) is 4.06. The average Bonchev–Trinajstić information content (AvgIpc) is 2.39. The Kier molecular flexibility index (Phi) is 4.08. The highest BCUT2D eigenvalue weighted by Crippen LogP contribution is 2.34. The molecule has 2 heterocycles. The first-order chi connectivity index (χ1) is 8.90. The fourth-order valence-electron chi connectivity index (χ4n) is 2.72. The maximum Gasteiger partial charge on any atom is 0.227 e. The second-order valence-electron chi connectivity index (χ2n) is 5.11. The maximum absolute atomic E-state index is 12.7. The van der Waals surface area contributed by atoms with Gasteiger partial charge in [-0.25, -0.2) is 12.7 Å². The van der Waals surface area contributed by atoms with Gasteiger partial charge in [0.15, 0.2) is 5.78 Å². The van der Waals surface area contributed by atoms with Gasteiger partial charge in [-0.1, -0.05) is 0 Å². The molecule has 0 aromatic heterocycles. The van der Waals surface area contributed by atoms with Crippen LogP contribution >= 0.6 is 0 Å². The van der Waals surface area contributed by atoms with E-state index in [1.807, 2.05) is 0 Å². The largest absolute Gasteiger partial charge is 0.381 e. The summed E-state index contributed by atoms with van der Waals surface area (Å²) in [6.45, 7) is 2.28. The molecule has 0 saturated carbocycles. The second-order valence-corrected chi connectivity index (χ2v) is 7.35. The summed E-state index contributed by atoms with van der Waals surface area (Å²) in [5.74, 6) is -0.247. The number of hydrogen-bond acceptors (Lipinski definition) is 5. The zero-order valence-corrected chi connectivity index (χ0v) is 11.9. The monoisotopic (exact) mass is 289 g/mol. The van der Waals surface area contributed by atoms with E-state index in [1.165, 1.54) is 11.2 Å². The number of piperidine rings is 1. The Morgan fingerprint density at radius 1 is 1.21 bits per heavy atom. The van der Waals surface area contributed by atoms with Crippen LogP contribution in [0.3, 0.4) is 0 Å². The lowest BCUT2D eigenvalue weighted by atomic mass is 9.95. The smallest absolute Gasteiger partial charge is 0.227 e. The van der Waals surface area contributed by atoms with Gasteiger partial charge in [0.1, 0.15) is 10.5 Å². The summed E-state index contributed by atoms with van der Waals surface area (Å²) < 4.78 is 30.6. The topological polar surface area (TPSA) is 80.8 Å². The summed E-state index contributed by atoms with van der Waals surface area (Å²) >= 11 is 0. The molecule has 108 valence electrons. The predicted octanol–water partition coefficient (Wildman–Crippen LogP) is 0.119. The fraction of sp³-hybridized carbons (Fsp3) is 0.833. The maximum atomic E-state index is 12.7. The molecule has 6 nitrogen and oxygen atoms in total. The van der Waals surface area contributed by atoms with Crippen molar-refractivity contribution < 1.29 is 22.7 Å². The van der Waals surface area contributed by atoms with Gasteiger partial charge in [0, 0.05) is 39.1 Å². The third-order valence-corrected chi connectivity index (χ3v) is 6.78. The van der Waals surface area contributed by atoms with E-state index < -0.39 is 14.8 Å². The van der Waals surface area contributed by atoms with Crippen molar-refractivity contribution in [1.82, 2.24) is 4.31 Å². The number of carbonyl (C=O) groups is 2. The summed E-state index contributed by atoms with van der Waals surface area (Å²) in [5, 5.41) is 0. The molecule has 0 amide bonds. The first-order valence-corrected chi connectivity index (χ1v) is 7.94. The van der Waals surface area contributed by atoms with Crippen LogP contribution in [0.5, 0.6) is 0 Å². The van der Waals surface area contributed by atoms with Crippen LogP contribution in [0, 0.1) is 0 Å². The van der Waals surface area contributed by atoms with E-state index in [0.29, 0.717) is 0 Å². The Morgan fingerprint density at radius 3 is 2.21 bits per heavy atom. The molecule has 0 bridgehead atoms. The highest BCUT2D eigenvalue weighted by molar-refractivity contribution is 7.91. The minimum Gasteiger partial charge on any atom is -0.381 e. The summed E-state index contributed by atoms with van der Waals surface area (Å²) in [4.78, 5) is 23.2. The lowest BCUT2D eigenvalue weighted by Crippen LogP contribution is -2.57. The van der Waals surface area contributed by atoms with Crippen LogP contribution < -0.4 is 0 Å². The predicted molar refractivity (Wildman–Crippen MR) is 68.2 cm³/mol. The number of nitrogens with zero attached hydrogens (tertiary/aromatic N) is 1. The van der Waals surface area contributed by atoms with Gasteiger partial charge in [0.05, 0.1) is 0 Å². The molecule has 0 aromatic rings. The Morgan fingerprint density at radius 2 is 1.74 bits per heavy atom. The zero-order valence-electron chi connectivity index (χ0n) is 11.1. The van der Waals surface area contributed by atoms with Gasteiger partial charge in [0.25, 0.3) is 0 Å². The van der Waals surface area contributed by atoms with Crippen LogP contribution in [-0.4, -0.2) is 55.3 Å². The molecule has 0 aromatic carbocycles.